The first-order chi connectivity index (χ1) is 19.2. The minimum atomic E-state index is -0.562. The van der Waals surface area contributed by atoms with Crippen LogP contribution in [0.15, 0.2) is 89.4 Å². The highest BCUT2D eigenvalue weighted by Crippen LogP contribution is 2.27. The Morgan fingerprint density at radius 3 is 2.50 bits per heavy atom. The van der Waals surface area contributed by atoms with E-state index >= 15 is 0 Å². The standard InChI is InChI=1S/C33H36N4O3/c1-21(2)25-13-15-26(16-14-25)34-33(39)36(19-28-18-23(4)20-40-28)24(5)31-35-30-12-7-6-11-29(30)32(38)37(31)27-10-8-9-22(3)17-27/h6-18,21,23-24H,19-20H2,1-5H3,(H,34,39)/t23-,24?/m1/s1. The predicted octanol–water partition coefficient (Wildman–Crippen LogP) is 6.96. The molecule has 2 atom stereocenters. The van der Waals surface area contributed by atoms with E-state index in [-0.39, 0.29) is 24.1 Å². The molecular formula is C33H36N4O3. The summed E-state index contributed by atoms with van der Waals surface area (Å²) in [5.74, 6) is 1.87. The Labute approximate surface area is 235 Å². The molecular weight excluding hydrogens is 500 g/mol. The second kappa shape index (κ2) is 11.4. The fourth-order valence-electron chi connectivity index (χ4n) is 5.04. The topological polar surface area (TPSA) is 76.5 Å². The van der Waals surface area contributed by atoms with Gasteiger partial charge in [-0.1, -0.05) is 57.2 Å². The fraction of sp³-hybridized carbons (Fsp3) is 0.303. The lowest BCUT2D eigenvalue weighted by Gasteiger charge is -2.31. The highest BCUT2D eigenvalue weighted by atomic mass is 16.5. The van der Waals surface area contributed by atoms with Gasteiger partial charge in [0.05, 0.1) is 35.8 Å². The number of urea groups is 1. The summed E-state index contributed by atoms with van der Waals surface area (Å²) >= 11 is 0. The van der Waals surface area contributed by atoms with Gasteiger partial charge in [0.1, 0.15) is 11.6 Å². The molecule has 0 radical (unpaired) electrons. The van der Waals surface area contributed by atoms with E-state index in [1.807, 2.05) is 86.7 Å². The van der Waals surface area contributed by atoms with Crippen molar-refractivity contribution in [3.63, 3.8) is 0 Å². The van der Waals surface area contributed by atoms with E-state index in [2.05, 4.69) is 26.1 Å². The Bertz CT molecular complexity index is 1620. The number of amides is 2. The number of rotatable bonds is 7. The van der Waals surface area contributed by atoms with E-state index < -0.39 is 6.04 Å². The molecule has 1 aromatic heterocycles. The number of hydrogen-bond donors (Lipinski definition) is 1. The Morgan fingerprint density at radius 2 is 1.82 bits per heavy atom. The molecule has 0 bridgehead atoms. The van der Waals surface area contributed by atoms with E-state index in [9.17, 15) is 9.59 Å². The molecule has 1 unspecified atom stereocenters. The van der Waals surface area contributed by atoms with Crippen LogP contribution in [-0.4, -0.2) is 33.6 Å². The largest absolute Gasteiger partial charge is 0.496 e. The molecule has 1 aliphatic heterocycles. The summed E-state index contributed by atoms with van der Waals surface area (Å²) in [6.45, 7) is 11.1. The van der Waals surface area contributed by atoms with Gasteiger partial charge in [-0.05, 0) is 73.4 Å². The molecule has 0 saturated heterocycles. The van der Waals surface area contributed by atoms with Gasteiger partial charge in [-0.25, -0.2) is 9.78 Å². The Kier molecular flexibility index (Phi) is 7.74. The van der Waals surface area contributed by atoms with Crippen LogP contribution in [0.4, 0.5) is 10.5 Å². The van der Waals surface area contributed by atoms with Gasteiger partial charge in [0.15, 0.2) is 0 Å². The molecule has 2 heterocycles. The third kappa shape index (κ3) is 5.64. The van der Waals surface area contributed by atoms with Crippen LogP contribution in [0.5, 0.6) is 0 Å². The Balaban J connectivity index is 1.59. The maximum atomic E-state index is 13.9. The number of nitrogens with one attached hydrogen (secondary N) is 1. The van der Waals surface area contributed by atoms with Crippen molar-refractivity contribution in [1.82, 2.24) is 14.5 Å². The molecule has 1 aliphatic rings. The highest BCUT2D eigenvalue weighted by molar-refractivity contribution is 5.90. The van der Waals surface area contributed by atoms with Crippen molar-refractivity contribution < 1.29 is 9.53 Å². The first kappa shape index (κ1) is 27.2. The zero-order valence-electron chi connectivity index (χ0n) is 23.7. The molecule has 0 fully saturated rings. The number of aromatic nitrogens is 2. The van der Waals surface area contributed by atoms with Gasteiger partial charge in [0.25, 0.3) is 5.56 Å². The molecule has 1 N–H and O–H groups in total. The van der Waals surface area contributed by atoms with Crippen molar-refractivity contribution in [2.24, 2.45) is 5.92 Å². The van der Waals surface area contributed by atoms with Crippen LogP contribution in [0.1, 0.15) is 56.6 Å². The second-order valence-electron chi connectivity index (χ2n) is 10.9. The number of aryl methyl sites for hydroxylation is 1. The van der Waals surface area contributed by atoms with Crippen molar-refractivity contribution in [2.75, 3.05) is 18.5 Å². The summed E-state index contributed by atoms with van der Waals surface area (Å²) in [4.78, 5) is 34.4. The van der Waals surface area contributed by atoms with Gasteiger partial charge in [-0.15, -0.1) is 0 Å². The number of para-hydroxylation sites is 1. The third-order valence-electron chi connectivity index (χ3n) is 7.32. The number of ether oxygens (including phenoxy) is 1. The second-order valence-corrected chi connectivity index (χ2v) is 10.9. The van der Waals surface area contributed by atoms with E-state index in [1.165, 1.54) is 5.56 Å². The predicted molar refractivity (Wildman–Crippen MR) is 160 cm³/mol. The van der Waals surface area contributed by atoms with Crippen LogP contribution >= 0.6 is 0 Å². The number of benzene rings is 3. The Morgan fingerprint density at radius 1 is 1.07 bits per heavy atom. The molecule has 0 aliphatic carbocycles. The Hall–Kier alpha value is -4.39. The van der Waals surface area contributed by atoms with Crippen LogP contribution < -0.4 is 10.9 Å². The van der Waals surface area contributed by atoms with Crippen molar-refractivity contribution in [3.05, 3.63) is 112 Å². The highest BCUT2D eigenvalue weighted by Gasteiger charge is 2.29. The SMILES string of the molecule is Cc1cccc(-n2c(C(C)N(CC3=C[C@@H](C)CO3)C(=O)Nc3ccc(C(C)C)cc3)nc3ccccc3c2=O)c1. The van der Waals surface area contributed by atoms with Gasteiger partial charge in [0, 0.05) is 11.6 Å². The number of nitrogens with zero attached hydrogens (tertiary/aromatic N) is 3. The van der Waals surface area contributed by atoms with E-state index in [1.54, 1.807) is 15.5 Å². The van der Waals surface area contributed by atoms with Crippen LogP contribution in [0, 0.1) is 12.8 Å². The number of carbonyl (C=O) groups excluding carboxylic acids is 1. The minimum Gasteiger partial charge on any atom is -0.496 e. The lowest BCUT2D eigenvalue weighted by molar-refractivity contribution is 0.162. The lowest BCUT2D eigenvalue weighted by atomic mass is 10.0. The van der Waals surface area contributed by atoms with Crippen molar-refractivity contribution >= 4 is 22.6 Å². The van der Waals surface area contributed by atoms with Gasteiger partial charge in [-0.2, -0.15) is 0 Å². The summed E-state index contributed by atoms with van der Waals surface area (Å²) in [6.07, 6.45) is 2.05. The monoisotopic (exact) mass is 536 g/mol. The molecule has 4 aromatic rings. The molecule has 3 aromatic carbocycles. The number of hydrogen-bond acceptors (Lipinski definition) is 4. The van der Waals surface area contributed by atoms with Gasteiger partial charge >= 0.3 is 6.03 Å². The van der Waals surface area contributed by atoms with Gasteiger partial charge in [-0.3, -0.25) is 9.36 Å². The molecule has 7 heteroatoms. The molecule has 7 nitrogen and oxygen atoms in total. The lowest BCUT2D eigenvalue weighted by Crippen LogP contribution is -2.41. The van der Waals surface area contributed by atoms with Crippen molar-refractivity contribution in [2.45, 2.75) is 46.6 Å². The summed E-state index contributed by atoms with van der Waals surface area (Å²) in [5, 5.41) is 3.58. The summed E-state index contributed by atoms with van der Waals surface area (Å²) in [7, 11) is 0. The summed E-state index contributed by atoms with van der Waals surface area (Å²) in [6, 6.07) is 22.1. The first-order valence-corrected chi connectivity index (χ1v) is 13.8. The molecule has 0 saturated carbocycles. The van der Waals surface area contributed by atoms with Gasteiger partial charge in [0.2, 0.25) is 0 Å². The summed E-state index contributed by atoms with van der Waals surface area (Å²) in [5.41, 5.74) is 4.04. The van der Waals surface area contributed by atoms with Crippen LogP contribution in [0.3, 0.4) is 0 Å². The van der Waals surface area contributed by atoms with E-state index in [0.29, 0.717) is 40.6 Å². The first-order valence-electron chi connectivity index (χ1n) is 13.8. The maximum Gasteiger partial charge on any atom is 0.322 e. The average Bonchev–Trinajstić information content (AvgIpc) is 3.36. The molecule has 2 amide bonds. The fourth-order valence-corrected chi connectivity index (χ4v) is 5.04. The van der Waals surface area contributed by atoms with Crippen LogP contribution in [0.2, 0.25) is 0 Å². The molecule has 0 spiro atoms. The molecule has 206 valence electrons. The van der Waals surface area contributed by atoms with Crippen LogP contribution in [-0.2, 0) is 4.74 Å². The quantitative estimate of drug-likeness (QED) is 0.277. The minimum absolute atomic E-state index is 0.173. The van der Waals surface area contributed by atoms with Crippen molar-refractivity contribution in [3.8, 4) is 5.69 Å². The van der Waals surface area contributed by atoms with E-state index in [0.717, 1.165) is 11.3 Å². The number of carbonyl (C=O) groups is 1. The normalized spacial score (nSPS) is 15.6. The van der Waals surface area contributed by atoms with Crippen LogP contribution in [0.25, 0.3) is 16.6 Å². The molecule has 5 rings (SSSR count). The summed E-state index contributed by atoms with van der Waals surface area (Å²) < 4.78 is 7.53. The van der Waals surface area contributed by atoms with E-state index in [4.69, 9.17) is 9.72 Å². The number of fused-ring (bicyclic) bond motifs is 1. The third-order valence-corrected chi connectivity index (χ3v) is 7.32. The zero-order valence-corrected chi connectivity index (χ0v) is 23.7. The smallest absolute Gasteiger partial charge is 0.322 e. The van der Waals surface area contributed by atoms with Gasteiger partial charge < -0.3 is 15.0 Å². The average molecular weight is 537 g/mol. The maximum absolute atomic E-state index is 13.9. The molecule has 40 heavy (non-hydrogen) atoms. The zero-order chi connectivity index (χ0) is 28.4. The number of anilines is 1. The van der Waals surface area contributed by atoms with Crippen molar-refractivity contribution in [1.29, 1.82) is 0 Å².